The summed E-state index contributed by atoms with van der Waals surface area (Å²) in [4.78, 5) is 2.32. The maximum Gasteiger partial charge on any atom is 0.294 e. The van der Waals surface area contributed by atoms with Gasteiger partial charge >= 0.3 is 0 Å². The molecule has 0 aliphatic carbocycles. The molecule has 168 valence electrons. The average molecular weight is 444 g/mol. The summed E-state index contributed by atoms with van der Waals surface area (Å²) in [5, 5.41) is 0. The first-order valence-corrected chi connectivity index (χ1v) is 12.5. The lowest BCUT2D eigenvalue weighted by atomic mass is 9.91. The van der Waals surface area contributed by atoms with Gasteiger partial charge < -0.3 is 0 Å². The summed E-state index contributed by atoms with van der Waals surface area (Å²) in [7, 11) is -4.27. The van der Waals surface area contributed by atoms with Gasteiger partial charge in [0.2, 0.25) is 6.34 Å². The lowest BCUT2D eigenvalue weighted by molar-refractivity contribution is -0.574. The highest BCUT2D eigenvalue weighted by atomic mass is 32.2. The molecule has 0 spiro atoms. The number of anilines is 1. The fourth-order valence-corrected chi connectivity index (χ4v) is 5.16. The van der Waals surface area contributed by atoms with Crippen LogP contribution in [-0.4, -0.2) is 36.5 Å². The van der Waals surface area contributed by atoms with Gasteiger partial charge in [-0.1, -0.05) is 77.9 Å². The third kappa shape index (κ3) is 5.01. The normalized spacial score (nSPS) is 17.2. The zero-order chi connectivity index (χ0) is 22.9. The van der Waals surface area contributed by atoms with Crippen LogP contribution in [0.4, 0.5) is 5.69 Å². The van der Waals surface area contributed by atoms with Crippen molar-refractivity contribution < 1.29 is 17.5 Å². The first-order chi connectivity index (χ1) is 14.5. The van der Waals surface area contributed by atoms with Crippen LogP contribution >= 0.6 is 0 Å². The molecule has 0 bridgehead atoms. The van der Waals surface area contributed by atoms with E-state index in [1.165, 1.54) is 22.9 Å². The van der Waals surface area contributed by atoms with Crippen molar-refractivity contribution in [2.75, 3.05) is 11.4 Å². The fourth-order valence-electron chi connectivity index (χ4n) is 4.45. The van der Waals surface area contributed by atoms with Gasteiger partial charge in [0.1, 0.15) is 29.7 Å². The molecular weight excluding hydrogens is 408 g/mol. The van der Waals surface area contributed by atoms with Crippen molar-refractivity contribution in [3.8, 4) is 0 Å². The summed E-state index contributed by atoms with van der Waals surface area (Å²) >= 11 is 0. The molecule has 1 aliphatic heterocycles. The zero-order valence-corrected chi connectivity index (χ0v) is 20.2. The van der Waals surface area contributed by atoms with E-state index >= 15 is 0 Å². The van der Waals surface area contributed by atoms with Crippen LogP contribution in [-0.2, 0) is 16.7 Å². The van der Waals surface area contributed by atoms with E-state index in [0.29, 0.717) is 29.9 Å². The van der Waals surface area contributed by atoms with E-state index < -0.39 is 10.1 Å². The average Bonchev–Trinajstić information content (AvgIpc) is 3.10. The van der Waals surface area contributed by atoms with Gasteiger partial charge in [-0.15, -0.1) is 0 Å². The van der Waals surface area contributed by atoms with Gasteiger partial charge in [0, 0.05) is 16.7 Å². The summed E-state index contributed by atoms with van der Waals surface area (Å²) < 4.78 is 35.7. The van der Waals surface area contributed by atoms with E-state index in [9.17, 15) is 13.0 Å². The minimum absolute atomic E-state index is 0.0187. The molecule has 2 aromatic carbocycles. The molecule has 0 saturated carbocycles. The van der Waals surface area contributed by atoms with Crippen LogP contribution in [0.1, 0.15) is 70.1 Å². The molecule has 1 atom stereocenters. The van der Waals surface area contributed by atoms with Crippen molar-refractivity contribution in [3.63, 3.8) is 0 Å². The maximum atomic E-state index is 11.9. The van der Waals surface area contributed by atoms with Gasteiger partial charge in [0.05, 0.1) is 0 Å². The molecule has 5 nitrogen and oxygen atoms in total. The predicted molar refractivity (Wildman–Crippen MR) is 127 cm³/mol. The van der Waals surface area contributed by atoms with Gasteiger partial charge in [0.25, 0.3) is 10.1 Å². The minimum Gasteiger partial charge on any atom is -0.282 e. The van der Waals surface area contributed by atoms with E-state index in [1.807, 2.05) is 6.07 Å². The Balaban J connectivity index is 2.09. The first kappa shape index (κ1) is 23.5. The quantitative estimate of drug-likeness (QED) is 0.468. The number of benzene rings is 2. The second-order valence-electron chi connectivity index (χ2n) is 9.43. The van der Waals surface area contributed by atoms with Crippen molar-refractivity contribution in [1.82, 2.24) is 0 Å². The van der Waals surface area contributed by atoms with E-state index in [2.05, 4.69) is 75.6 Å². The molecule has 1 heterocycles. The van der Waals surface area contributed by atoms with E-state index in [4.69, 9.17) is 0 Å². The Morgan fingerprint density at radius 1 is 0.968 bits per heavy atom. The summed E-state index contributed by atoms with van der Waals surface area (Å²) in [5.41, 5.74) is 4.52. The molecule has 0 radical (unpaired) electrons. The summed E-state index contributed by atoms with van der Waals surface area (Å²) in [6.45, 7) is 14.5. The molecule has 0 amide bonds. The number of para-hydroxylation sites is 1. The topological polar surface area (TPSA) is 60.6 Å². The smallest absolute Gasteiger partial charge is 0.282 e. The van der Waals surface area contributed by atoms with Crippen molar-refractivity contribution >= 4 is 22.1 Å². The summed E-state index contributed by atoms with van der Waals surface area (Å²) in [5.74, 6) is 1.18. The third-order valence-electron chi connectivity index (χ3n) is 6.10. The fraction of sp³-hybridized carbons (Fsp3) is 0.480. The second-order valence-corrected chi connectivity index (χ2v) is 10.8. The Labute approximate surface area is 187 Å². The Hall–Kier alpha value is -2.18. The van der Waals surface area contributed by atoms with Crippen LogP contribution in [0.25, 0.3) is 0 Å². The molecule has 0 saturated heterocycles. The number of hydrogen-bond donors (Lipinski definition) is 1. The monoisotopic (exact) mass is 443 g/mol. The molecule has 2 aromatic rings. The zero-order valence-electron chi connectivity index (χ0n) is 19.4. The van der Waals surface area contributed by atoms with Crippen molar-refractivity contribution in [1.29, 1.82) is 0 Å². The predicted octanol–water partition coefficient (Wildman–Crippen LogP) is 5.27. The van der Waals surface area contributed by atoms with Crippen LogP contribution in [0.3, 0.4) is 0 Å². The Morgan fingerprint density at radius 2 is 1.55 bits per heavy atom. The number of nitrogens with zero attached hydrogens (tertiary/aromatic N) is 2. The van der Waals surface area contributed by atoms with Crippen LogP contribution < -0.4 is 4.90 Å². The van der Waals surface area contributed by atoms with E-state index in [1.54, 1.807) is 12.1 Å². The lowest BCUT2D eigenvalue weighted by Gasteiger charge is -2.22. The molecule has 0 aromatic heterocycles. The molecule has 1 N–H and O–H groups in total. The van der Waals surface area contributed by atoms with Crippen molar-refractivity contribution in [2.24, 2.45) is 5.92 Å². The number of rotatable bonds is 7. The summed E-state index contributed by atoms with van der Waals surface area (Å²) in [6.07, 6.45) is 2.14. The van der Waals surface area contributed by atoms with Crippen LogP contribution in [0.5, 0.6) is 0 Å². The van der Waals surface area contributed by atoms with Gasteiger partial charge in [-0.2, -0.15) is 8.42 Å². The molecule has 3 rings (SSSR count). The summed E-state index contributed by atoms with van der Waals surface area (Å²) in [6, 6.07) is 13.5. The van der Waals surface area contributed by atoms with Crippen molar-refractivity contribution in [2.45, 2.75) is 70.9 Å². The standard InChI is InChI=1S/C25H34N2O3S/c1-17(2)21-11-9-12-22(18(3)4)25(21)27-15-23(19(5)6)26(16-27)14-20-10-7-8-13-24(20)31(28,29)30/h7-13,16-19,23H,14-15H2,1-6H3/p+1/t23-/m1/s1. The van der Waals surface area contributed by atoms with Crippen LogP contribution in [0.2, 0.25) is 0 Å². The van der Waals surface area contributed by atoms with Gasteiger partial charge in [-0.25, -0.2) is 4.90 Å². The van der Waals surface area contributed by atoms with Gasteiger partial charge in [-0.05, 0) is 23.8 Å². The van der Waals surface area contributed by atoms with Gasteiger partial charge in [-0.3, -0.25) is 9.13 Å². The maximum absolute atomic E-state index is 11.9. The van der Waals surface area contributed by atoms with Crippen molar-refractivity contribution in [3.05, 3.63) is 59.2 Å². The highest BCUT2D eigenvalue weighted by Crippen LogP contribution is 2.36. The SMILES string of the molecule is CC(C)c1cccc(C(C)C)c1N1C=[N+](Cc2ccccc2S(=O)(=O)O)[C@@H](C(C)C)C1. The highest BCUT2D eigenvalue weighted by Gasteiger charge is 2.37. The van der Waals surface area contributed by atoms with Gasteiger partial charge in [0.15, 0.2) is 0 Å². The first-order valence-electron chi connectivity index (χ1n) is 11.1. The Bertz CT molecular complexity index is 1050. The van der Waals surface area contributed by atoms with E-state index in [0.717, 1.165) is 6.54 Å². The lowest BCUT2D eigenvalue weighted by Crippen LogP contribution is -2.32. The molecular formula is C25H35N2O3S+. The third-order valence-corrected chi connectivity index (χ3v) is 7.05. The molecule has 1 aliphatic rings. The minimum atomic E-state index is -4.27. The highest BCUT2D eigenvalue weighted by molar-refractivity contribution is 7.85. The van der Waals surface area contributed by atoms with Crippen LogP contribution in [0.15, 0.2) is 47.4 Å². The number of hydrogen-bond acceptors (Lipinski definition) is 3. The molecule has 0 unspecified atom stereocenters. The van der Waals surface area contributed by atoms with E-state index in [-0.39, 0.29) is 10.9 Å². The molecule has 0 fully saturated rings. The Kier molecular flexibility index (Phi) is 6.92. The second kappa shape index (κ2) is 9.13. The molecule has 6 heteroatoms. The largest absolute Gasteiger partial charge is 0.294 e. The Morgan fingerprint density at radius 3 is 2.06 bits per heavy atom. The van der Waals surface area contributed by atoms with Crippen LogP contribution in [0, 0.1) is 5.92 Å². The molecule has 31 heavy (non-hydrogen) atoms.